The molecule has 1 N–H and O–H groups in total. The van der Waals surface area contributed by atoms with E-state index in [0.29, 0.717) is 11.0 Å². The second kappa shape index (κ2) is 4.90. The van der Waals surface area contributed by atoms with Gasteiger partial charge in [0, 0.05) is 38.3 Å². The van der Waals surface area contributed by atoms with Crippen molar-refractivity contribution in [2.75, 3.05) is 26.2 Å². The third-order valence-corrected chi connectivity index (χ3v) is 4.01. The molecule has 1 aromatic rings. The predicted octanol–water partition coefficient (Wildman–Crippen LogP) is 0.667. The number of rotatable bonds is 1. The summed E-state index contributed by atoms with van der Waals surface area (Å²) in [6, 6.07) is 0. The fraction of sp³-hybridized carbons (Fsp3) is 0.667. The summed E-state index contributed by atoms with van der Waals surface area (Å²) >= 11 is 0. The largest absolute Gasteiger partial charge is 0.338 e. The number of carbonyl (C=O) groups is 1. The van der Waals surface area contributed by atoms with Gasteiger partial charge < -0.3 is 10.2 Å². The van der Waals surface area contributed by atoms with Crippen LogP contribution in [0.5, 0.6) is 0 Å². The molecule has 1 unspecified atom stereocenters. The Morgan fingerprint density at radius 3 is 2.94 bits per heavy atom. The topological polar surface area (TPSA) is 50.2 Å². The van der Waals surface area contributed by atoms with Gasteiger partial charge in [-0.15, -0.1) is 12.4 Å². The Balaban J connectivity index is 0.00000120. The normalized spacial score (nSPS) is 26.6. The van der Waals surface area contributed by atoms with Crippen LogP contribution in [0.2, 0.25) is 0 Å². The predicted molar refractivity (Wildman–Crippen MR) is 70.9 cm³/mol. The molecule has 1 spiro atoms. The molecule has 0 radical (unpaired) electrons. The summed E-state index contributed by atoms with van der Waals surface area (Å²) in [5.41, 5.74) is 1.05. The Labute approximate surface area is 113 Å². The number of likely N-dealkylation sites (tertiary alicyclic amines) is 1. The van der Waals surface area contributed by atoms with E-state index in [-0.39, 0.29) is 18.3 Å². The summed E-state index contributed by atoms with van der Waals surface area (Å²) in [4.78, 5) is 14.2. The summed E-state index contributed by atoms with van der Waals surface area (Å²) in [6.07, 6.45) is 5.77. The first-order valence-electron chi connectivity index (χ1n) is 6.17. The third-order valence-electron chi connectivity index (χ3n) is 4.01. The van der Waals surface area contributed by atoms with Crippen LogP contribution in [0, 0.1) is 5.41 Å². The lowest BCUT2D eigenvalue weighted by molar-refractivity contribution is 0.0775. The summed E-state index contributed by atoms with van der Waals surface area (Å²) in [7, 11) is 1.84. The first kappa shape index (κ1) is 13.4. The highest BCUT2D eigenvalue weighted by Gasteiger charge is 2.42. The number of halogens is 1. The standard InChI is InChI=1S/C12H18N4O.ClH/c1-15-7-10(6-14-15)11(17)16-5-3-12(9-16)2-4-13-8-12;/h6-7,13H,2-5,8-9H2,1H3;1H. The maximum Gasteiger partial charge on any atom is 0.257 e. The molecule has 6 heteroatoms. The number of hydrogen-bond acceptors (Lipinski definition) is 3. The Bertz CT molecular complexity index is 439. The first-order chi connectivity index (χ1) is 8.19. The van der Waals surface area contributed by atoms with Crippen molar-refractivity contribution in [3.8, 4) is 0 Å². The van der Waals surface area contributed by atoms with Gasteiger partial charge in [0.05, 0.1) is 11.8 Å². The lowest BCUT2D eigenvalue weighted by Crippen LogP contribution is -2.33. The molecule has 18 heavy (non-hydrogen) atoms. The zero-order valence-corrected chi connectivity index (χ0v) is 11.4. The molecule has 100 valence electrons. The fourth-order valence-corrected chi connectivity index (χ4v) is 2.97. The van der Waals surface area contributed by atoms with Crippen LogP contribution < -0.4 is 5.32 Å². The Kier molecular flexibility index (Phi) is 3.64. The van der Waals surface area contributed by atoms with Crippen LogP contribution in [0.4, 0.5) is 0 Å². The lowest BCUT2D eigenvalue weighted by atomic mass is 9.86. The molecule has 1 aromatic heterocycles. The number of carbonyl (C=O) groups excluding carboxylic acids is 1. The number of hydrogen-bond donors (Lipinski definition) is 1. The molecule has 2 saturated heterocycles. The molecule has 2 fully saturated rings. The molecule has 0 aromatic carbocycles. The number of nitrogens with zero attached hydrogens (tertiary/aromatic N) is 3. The third kappa shape index (κ3) is 2.24. The van der Waals surface area contributed by atoms with Gasteiger partial charge in [0.2, 0.25) is 0 Å². The van der Waals surface area contributed by atoms with Crippen molar-refractivity contribution in [1.82, 2.24) is 20.0 Å². The zero-order chi connectivity index (χ0) is 11.9. The van der Waals surface area contributed by atoms with Crippen LogP contribution in [0.25, 0.3) is 0 Å². The first-order valence-corrected chi connectivity index (χ1v) is 6.17. The van der Waals surface area contributed by atoms with E-state index in [2.05, 4.69) is 10.4 Å². The van der Waals surface area contributed by atoms with Crippen LogP contribution in [0.15, 0.2) is 12.4 Å². The molecule has 0 aliphatic carbocycles. The van der Waals surface area contributed by atoms with E-state index in [1.165, 1.54) is 6.42 Å². The molecule has 3 rings (SSSR count). The van der Waals surface area contributed by atoms with Gasteiger partial charge in [-0.25, -0.2) is 0 Å². The molecule has 2 aliphatic rings. The molecule has 0 saturated carbocycles. The summed E-state index contributed by atoms with van der Waals surface area (Å²) in [5, 5.41) is 7.46. The monoisotopic (exact) mass is 270 g/mol. The van der Waals surface area contributed by atoms with Gasteiger partial charge in [0.15, 0.2) is 0 Å². The summed E-state index contributed by atoms with van der Waals surface area (Å²) < 4.78 is 1.68. The second-order valence-corrected chi connectivity index (χ2v) is 5.31. The highest BCUT2D eigenvalue weighted by atomic mass is 35.5. The molecule has 3 heterocycles. The van der Waals surface area contributed by atoms with Crippen molar-refractivity contribution in [3.05, 3.63) is 18.0 Å². The van der Waals surface area contributed by atoms with Gasteiger partial charge >= 0.3 is 0 Å². The minimum absolute atomic E-state index is 0. The maximum absolute atomic E-state index is 12.3. The van der Waals surface area contributed by atoms with Gasteiger partial charge in [0.1, 0.15) is 0 Å². The zero-order valence-electron chi connectivity index (χ0n) is 10.6. The summed E-state index contributed by atoms with van der Waals surface area (Å²) in [6.45, 7) is 3.93. The van der Waals surface area contributed by atoms with Crippen molar-refractivity contribution in [1.29, 1.82) is 0 Å². The quantitative estimate of drug-likeness (QED) is 0.816. The smallest absolute Gasteiger partial charge is 0.257 e. The molecular formula is C12H19ClN4O. The Morgan fingerprint density at radius 2 is 2.33 bits per heavy atom. The van der Waals surface area contributed by atoms with Gasteiger partial charge in [-0.1, -0.05) is 0 Å². The van der Waals surface area contributed by atoms with E-state index < -0.39 is 0 Å². The van der Waals surface area contributed by atoms with Crippen LogP contribution in [0.1, 0.15) is 23.2 Å². The number of aromatic nitrogens is 2. The fourth-order valence-electron chi connectivity index (χ4n) is 2.97. The van der Waals surface area contributed by atoms with Crippen LogP contribution in [-0.2, 0) is 7.05 Å². The van der Waals surface area contributed by atoms with Crippen LogP contribution in [0.3, 0.4) is 0 Å². The van der Waals surface area contributed by atoms with Gasteiger partial charge in [-0.3, -0.25) is 9.48 Å². The van der Waals surface area contributed by atoms with Crippen molar-refractivity contribution < 1.29 is 4.79 Å². The van der Waals surface area contributed by atoms with Crippen molar-refractivity contribution in [3.63, 3.8) is 0 Å². The van der Waals surface area contributed by atoms with Crippen LogP contribution in [-0.4, -0.2) is 46.8 Å². The molecule has 1 atom stereocenters. The van der Waals surface area contributed by atoms with Crippen molar-refractivity contribution in [2.24, 2.45) is 12.5 Å². The van der Waals surface area contributed by atoms with Gasteiger partial charge in [0.25, 0.3) is 5.91 Å². The van der Waals surface area contributed by atoms with E-state index >= 15 is 0 Å². The van der Waals surface area contributed by atoms with Crippen molar-refractivity contribution >= 4 is 18.3 Å². The average molecular weight is 271 g/mol. The molecular weight excluding hydrogens is 252 g/mol. The summed E-state index contributed by atoms with van der Waals surface area (Å²) in [5.74, 6) is 0.127. The van der Waals surface area contributed by atoms with E-state index in [1.54, 1.807) is 17.1 Å². The molecule has 0 bridgehead atoms. The molecule has 5 nitrogen and oxygen atoms in total. The highest BCUT2D eigenvalue weighted by Crippen LogP contribution is 2.36. The minimum atomic E-state index is 0. The lowest BCUT2D eigenvalue weighted by Gasteiger charge is -2.22. The van der Waals surface area contributed by atoms with E-state index in [1.807, 2.05) is 11.9 Å². The molecule has 2 aliphatic heterocycles. The van der Waals surface area contributed by atoms with Gasteiger partial charge in [-0.2, -0.15) is 5.10 Å². The number of amides is 1. The SMILES string of the molecule is Cl.Cn1cc(C(=O)N2CCC3(CCNC3)C2)cn1. The average Bonchev–Trinajstić information content (AvgIpc) is 3.02. The second-order valence-electron chi connectivity index (χ2n) is 5.31. The van der Waals surface area contributed by atoms with Crippen molar-refractivity contribution in [2.45, 2.75) is 12.8 Å². The van der Waals surface area contributed by atoms with Crippen LogP contribution >= 0.6 is 12.4 Å². The van der Waals surface area contributed by atoms with E-state index in [0.717, 1.165) is 32.6 Å². The minimum Gasteiger partial charge on any atom is -0.338 e. The Hall–Kier alpha value is -1.07. The Morgan fingerprint density at radius 1 is 1.50 bits per heavy atom. The van der Waals surface area contributed by atoms with E-state index in [9.17, 15) is 4.79 Å². The molecule has 1 amide bonds. The highest BCUT2D eigenvalue weighted by molar-refractivity contribution is 5.94. The van der Waals surface area contributed by atoms with Gasteiger partial charge in [-0.05, 0) is 19.4 Å². The van der Waals surface area contributed by atoms with E-state index in [4.69, 9.17) is 0 Å². The number of nitrogens with one attached hydrogen (secondary N) is 1. The number of aryl methyl sites for hydroxylation is 1. The maximum atomic E-state index is 12.3.